The molecule has 0 heterocycles. The van der Waals surface area contributed by atoms with Gasteiger partial charge in [0.1, 0.15) is 0 Å². The number of nitrogens with two attached hydrogens (primary N) is 2. The molecule has 0 saturated carbocycles. The molecule has 0 aromatic carbocycles. The van der Waals surface area contributed by atoms with E-state index in [4.69, 9.17) is 11.5 Å². The number of carbonyl (C=O) groups excluding carboxylic acids is 2. The Labute approximate surface area is 89.0 Å². The Hall–Kier alpha value is -1.14. The molecule has 0 aromatic rings. The Morgan fingerprint density at radius 2 is 1.93 bits per heavy atom. The maximum absolute atomic E-state index is 11.4. The first kappa shape index (κ1) is 13.9. The van der Waals surface area contributed by atoms with Crippen LogP contribution in [-0.4, -0.2) is 34.6 Å². The monoisotopic (exact) mass is 217 g/mol. The lowest BCUT2D eigenvalue weighted by molar-refractivity contribution is -0.128. The molecule has 6 nitrogen and oxygen atoms in total. The molecule has 0 aliphatic heterocycles. The number of aliphatic hydroxyl groups excluding tert-OH is 1. The van der Waals surface area contributed by atoms with Gasteiger partial charge in [0.05, 0.1) is 24.1 Å². The lowest BCUT2D eigenvalue weighted by atomic mass is 9.98. The van der Waals surface area contributed by atoms with Crippen molar-refractivity contribution in [2.24, 2.45) is 11.5 Å². The minimum atomic E-state index is -0.972. The first-order chi connectivity index (χ1) is 6.66. The van der Waals surface area contributed by atoms with Gasteiger partial charge >= 0.3 is 0 Å². The molecule has 0 bridgehead atoms. The van der Waals surface area contributed by atoms with E-state index in [1.165, 1.54) is 0 Å². The molecule has 0 fully saturated rings. The highest BCUT2D eigenvalue weighted by Crippen LogP contribution is 2.08. The van der Waals surface area contributed by atoms with Crippen LogP contribution < -0.4 is 16.8 Å². The SMILES string of the molecule is CC(O)C(C)(C)NC(=O)C(N)CC(N)=O. The number of hydrogen-bond donors (Lipinski definition) is 4. The number of nitrogens with one attached hydrogen (secondary N) is 1. The van der Waals surface area contributed by atoms with E-state index in [9.17, 15) is 14.7 Å². The van der Waals surface area contributed by atoms with Crippen LogP contribution in [0.3, 0.4) is 0 Å². The third-order valence-electron chi connectivity index (χ3n) is 2.25. The summed E-state index contributed by atoms with van der Waals surface area (Å²) in [7, 11) is 0. The molecule has 0 rings (SSSR count). The Morgan fingerprint density at radius 3 is 2.27 bits per heavy atom. The highest BCUT2D eigenvalue weighted by atomic mass is 16.3. The Balaban J connectivity index is 4.30. The van der Waals surface area contributed by atoms with E-state index in [0.717, 1.165) is 0 Å². The Morgan fingerprint density at radius 1 is 1.47 bits per heavy atom. The van der Waals surface area contributed by atoms with Crippen LogP contribution in [-0.2, 0) is 9.59 Å². The fourth-order valence-corrected chi connectivity index (χ4v) is 0.824. The van der Waals surface area contributed by atoms with Gasteiger partial charge in [-0.1, -0.05) is 0 Å². The highest BCUT2D eigenvalue weighted by Gasteiger charge is 2.28. The Kier molecular flexibility index (Phi) is 4.70. The molecule has 0 spiro atoms. The smallest absolute Gasteiger partial charge is 0.237 e. The molecular formula is C9H19N3O3. The summed E-state index contributed by atoms with van der Waals surface area (Å²) in [6.45, 7) is 4.87. The number of amides is 2. The van der Waals surface area contributed by atoms with Crippen molar-refractivity contribution in [3.8, 4) is 0 Å². The maximum atomic E-state index is 11.4. The topological polar surface area (TPSA) is 118 Å². The van der Waals surface area contributed by atoms with Crippen LogP contribution in [0.1, 0.15) is 27.2 Å². The zero-order chi connectivity index (χ0) is 12.2. The molecule has 0 saturated heterocycles. The molecule has 6 heteroatoms. The molecule has 0 aromatic heterocycles. The van der Waals surface area contributed by atoms with E-state index in [2.05, 4.69) is 5.32 Å². The average Bonchev–Trinajstić information content (AvgIpc) is 2.01. The van der Waals surface area contributed by atoms with Crippen LogP contribution in [0.4, 0.5) is 0 Å². The van der Waals surface area contributed by atoms with Crippen molar-refractivity contribution in [2.45, 2.75) is 44.9 Å². The molecule has 0 aliphatic carbocycles. The second kappa shape index (κ2) is 5.09. The van der Waals surface area contributed by atoms with E-state index in [0.29, 0.717) is 0 Å². The van der Waals surface area contributed by atoms with Gasteiger partial charge < -0.3 is 21.9 Å². The van der Waals surface area contributed by atoms with E-state index in [1.54, 1.807) is 20.8 Å². The zero-order valence-corrected chi connectivity index (χ0v) is 9.28. The van der Waals surface area contributed by atoms with Crippen molar-refractivity contribution in [1.82, 2.24) is 5.32 Å². The zero-order valence-electron chi connectivity index (χ0n) is 9.28. The fourth-order valence-electron chi connectivity index (χ4n) is 0.824. The molecule has 0 aliphatic rings. The molecule has 0 radical (unpaired) electrons. The molecule has 2 atom stereocenters. The number of primary amides is 1. The minimum absolute atomic E-state index is 0.207. The average molecular weight is 217 g/mol. The van der Waals surface area contributed by atoms with Crippen LogP contribution in [0.5, 0.6) is 0 Å². The van der Waals surface area contributed by atoms with Crippen molar-refractivity contribution in [3.05, 3.63) is 0 Å². The molecular weight excluding hydrogens is 198 g/mol. The molecule has 2 amide bonds. The standard InChI is InChI=1S/C9H19N3O3/c1-5(13)9(2,3)12-8(15)6(10)4-7(11)14/h5-6,13H,4,10H2,1-3H3,(H2,11,14)(H,12,15). The summed E-state index contributed by atoms with van der Waals surface area (Å²) in [4.78, 5) is 22.0. The van der Waals surface area contributed by atoms with Crippen LogP contribution >= 0.6 is 0 Å². The predicted molar refractivity (Wildman–Crippen MR) is 55.7 cm³/mol. The van der Waals surface area contributed by atoms with E-state index in [1.807, 2.05) is 0 Å². The van der Waals surface area contributed by atoms with Crippen molar-refractivity contribution in [2.75, 3.05) is 0 Å². The summed E-state index contributed by atoms with van der Waals surface area (Å²) in [6, 6.07) is -0.972. The molecule has 6 N–H and O–H groups in total. The van der Waals surface area contributed by atoms with Gasteiger partial charge in [-0.15, -0.1) is 0 Å². The number of aliphatic hydroxyl groups is 1. The van der Waals surface area contributed by atoms with Gasteiger partial charge in [0.2, 0.25) is 11.8 Å². The summed E-state index contributed by atoms with van der Waals surface area (Å²) in [5.74, 6) is -1.13. The van der Waals surface area contributed by atoms with E-state index in [-0.39, 0.29) is 6.42 Å². The van der Waals surface area contributed by atoms with Crippen LogP contribution in [0.2, 0.25) is 0 Å². The van der Waals surface area contributed by atoms with Crippen molar-refractivity contribution in [3.63, 3.8) is 0 Å². The van der Waals surface area contributed by atoms with Gasteiger partial charge in [-0.25, -0.2) is 0 Å². The highest BCUT2D eigenvalue weighted by molar-refractivity contribution is 5.87. The van der Waals surface area contributed by atoms with Gasteiger partial charge in [-0.2, -0.15) is 0 Å². The summed E-state index contributed by atoms with van der Waals surface area (Å²) < 4.78 is 0. The van der Waals surface area contributed by atoms with E-state index < -0.39 is 29.5 Å². The third-order valence-corrected chi connectivity index (χ3v) is 2.25. The van der Waals surface area contributed by atoms with Crippen molar-refractivity contribution in [1.29, 1.82) is 0 Å². The van der Waals surface area contributed by atoms with Gasteiger partial charge in [-0.3, -0.25) is 9.59 Å². The van der Waals surface area contributed by atoms with Gasteiger partial charge in [0.25, 0.3) is 0 Å². The lowest BCUT2D eigenvalue weighted by Crippen LogP contribution is -2.56. The van der Waals surface area contributed by atoms with Crippen LogP contribution in [0.25, 0.3) is 0 Å². The molecule has 88 valence electrons. The summed E-state index contributed by atoms with van der Waals surface area (Å²) in [5.41, 5.74) is 9.55. The second-order valence-electron chi connectivity index (χ2n) is 4.16. The Bertz CT molecular complexity index is 251. The summed E-state index contributed by atoms with van der Waals surface area (Å²) >= 11 is 0. The third kappa shape index (κ3) is 4.75. The van der Waals surface area contributed by atoms with Gasteiger partial charge in [0.15, 0.2) is 0 Å². The predicted octanol–water partition coefficient (Wildman–Crippen LogP) is -1.54. The van der Waals surface area contributed by atoms with Gasteiger partial charge in [-0.05, 0) is 20.8 Å². The second-order valence-corrected chi connectivity index (χ2v) is 4.16. The van der Waals surface area contributed by atoms with Crippen molar-refractivity contribution >= 4 is 11.8 Å². The van der Waals surface area contributed by atoms with E-state index >= 15 is 0 Å². The normalized spacial score (nSPS) is 15.5. The van der Waals surface area contributed by atoms with Crippen molar-refractivity contribution < 1.29 is 14.7 Å². The first-order valence-electron chi connectivity index (χ1n) is 4.70. The van der Waals surface area contributed by atoms with Gasteiger partial charge in [0, 0.05) is 0 Å². The lowest BCUT2D eigenvalue weighted by Gasteiger charge is -2.30. The quantitative estimate of drug-likeness (QED) is 0.446. The first-order valence-corrected chi connectivity index (χ1v) is 4.70. The van der Waals surface area contributed by atoms with Crippen LogP contribution in [0, 0.1) is 0 Å². The number of rotatable bonds is 5. The molecule has 2 unspecified atom stereocenters. The summed E-state index contributed by atoms with van der Waals surface area (Å²) in [6.07, 6.45) is -0.927. The fraction of sp³-hybridized carbons (Fsp3) is 0.778. The number of hydrogen-bond acceptors (Lipinski definition) is 4. The van der Waals surface area contributed by atoms with Crippen LogP contribution in [0.15, 0.2) is 0 Å². The largest absolute Gasteiger partial charge is 0.391 e. The maximum Gasteiger partial charge on any atom is 0.237 e. The summed E-state index contributed by atoms with van der Waals surface area (Å²) in [5, 5.41) is 11.9. The minimum Gasteiger partial charge on any atom is -0.391 e. The molecule has 15 heavy (non-hydrogen) atoms. The number of carbonyl (C=O) groups is 2.